The summed E-state index contributed by atoms with van der Waals surface area (Å²) >= 11 is 0. The van der Waals surface area contributed by atoms with E-state index in [9.17, 15) is 4.79 Å². The lowest BCUT2D eigenvalue weighted by molar-refractivity contribution is 0.0903. The van der Waals surface area contributed by atoms with Crippen LogP contribution in [0.4, 0.5) is 0 Å². The number of hydrogen-bond acceptors (Lipinski definition) is 3. The number of fused-ring (bicyclic) bond motifs is 1. The van der Waals surface area contributed by atoms with Gasteiger partial charge in [0.1, 0.15) is 12.4 Å². The number of aliphatic hydroxyl groups excluding tert-OH is 1. The minimum absolute atomic E-state index is 0.234. The molecular weight excluding hydrogens is 168 g/mol. The summed E-state index contributed by atoms with van der Waals surface area (Å²) in [6, 6.07) is 5.34. The smallest absolute Gasteiger partial charge is 0.188 e. The quantitative estimate of drug-likeness (QED) is 0.681. The third kappa shape index (κ3) is 1.31. The minimum atomic E-state index is -0.434. The molecule has 1 aromatic carbocycles. The fourth-order valence-corrected chi connectivity index (χ4v) is 1.57. The van der Waals surface area contributed by atoms with Gasteiger partial charge in [0.05, 0.1) is 6.61 Å². The summed E-state index contributed by atoms with van der Waals surface area (Å²) in [4.78, 5) is 11.3. The van der Waals surface area contributed by atoms with Crippen LogP contribution < -0.4 is 4.74 Å². The van der Waals surface area contributed by atoms with E-state index < -0.39 is 6.61 Å². The average molecular weight is 178 g/mol. The summed E-state index contributed by atoms with van der Waals surface area (Å²) in [6.07, 6.45) is 0.761. The van der Waals surface area contributed by atoms with Gasteiger partial charge in [-0.25, -0.2) is 0 Å². The number of hydrogen-bond donors (Lipinski definition) is 1. The summed E-state index contributed by atoms with van der Waals surface area (Å²) in [5, 5.41) is 8.73. The van der Waals surface area contributed by atoms with E-state index in [1.165, 1.54) is 0 Å². The molecule has 1 N–H and O–H groups in total. The second kappa shape index (κ2) is 3.18. The Bertz CT molecular complexity index is 344. The van der Waals surface area contributed by atoms with Crippen molar-refractivity contribution >= 4 is 5.78 Å². The van der Waals surface area contributed by atoms with E-state index >= 15 is 0 Å². The molecule has 13 heavy (non-hydrogen) atoms. The molecule has 68 valence electrons. The van der Waals surface area contributed by atoms with Crippen molar-refractivity contribution in [2.75, 3.05) is 13.2 Å². The number of Topliss-reactive ketones (excluding diaryl/α,β-unsaturated/α-hetero) is 1. The molecule has 0 atom stereocenters. The van der Waals surface area contributed by atoms with Crippen LogP contribution in [0.1, 0.15) is 15.9 Å². The number of ether oxygens (including phenoxy) is 1. The lowest BCUT2D eigenvalue weighted by atomic mass is 10.0. The number of rotatable bonds is 2. The molecule has 2 rings (SSSR count). The van der Waals surface area contributed by atoms with Crippen LogP contribution in [0, 0.1) is 0 Å². The van der Waals surface area contributed by atoms with Gasteiger partial charge in [-0.05, 0) is 6.07 Å². The summed E-state index contributed by atoms with van der Waals surface area (Å²) < 4.78 is 5.30. The van der Waals surface area contributed by atoms with Crippen molar-refractivity contribution < 1.29 is 14.6 Å². The molecular formula is C10H10O3. The second-order valence-electron chi connectivity index (χ2n) is 2.96. The Morgan fingerprint density at radius 1 is 1.54 bits per heavy atom. The highest BCUT2D eigenvalue weighted by Crippen LogP contribution is 2.28. The molecule has 1 heterocycles. The van der Waals surface area contributed by atoms with Crippen LogP contribution in [0.15, 0.2) is 18.2 Å². The zero-order valence-electron chi connectivity index (χ0n) is 7.12. The van der Waals surface area contributed by atoms with E-state index in [1.54, 1.807) is 12.1 Å². The Morgan fingerprint density at radius 3 is 3.15 bits per heavy atom. The van der Waals surface area contributed by atoms with E-state index in [1.807, 2.05) is 6.07 Å². The molecule has 0 bridgehead atoms. The fourth-order valence-electron chi connectivity index (χ4n) is 1.57. The molecule has 0 saturated heterocycles. The summed E-state index contributed by atoms with van der Waals surface area (Å²) in [5.74, 6) is 0.543. The van der Waals surface area contributed by atoms with Gasteiger partial charge in [0.15, 0.2) is 5.78 Å². The molecule has 0 aliphatic carbocycles. The molecule has 1 aliphatic rings. The van der Waals surface area contributed by atoms with Crippen LogP contribution in [0.5, 0.6) is 5.75 Å². The zero-order valence-corrected chi connectivity index (χ0v) is 7.12. The van der Waals surface area contributed by atoms with Crippen LogP contribution in [-0.4, -0.2) is 24.1 Å². The van der Waals surface area contributed by atoms with Crippen molar-refractivity contribution in [3.8, 4) is 5.75 Å². The largest absolute Gasteiger partial charge is 0.493 e. The molecule has 0 amide bonds. The molecule has 1 aromatic rings. The zero-order chi connectivity index (χ0) is 9.26. The Hall–Kier alpha value is -1.35. The summed E-state index contributed by atoms with van der Waals surface area (Å²) in [5.41, 5.74) is 1.53. The number of ketones is 1. The second-order valence-corrected chi connectivity index (χ2v) is 2.96. The molecule has 3 nitrogen and oxygen atoms in total. The molecule has 0 unspecified atom stereocenters. The highest BCUT2D eigenvalue weighted by molar-refractivity contribution is 5.99. The van der Waals surface area contributed by atoms with Crippen molar-refractivity contribution in [1.82, 2.24) is 0 Å². The standard InChI is InChI=1S/C10H10O3/c11-6-9(12)7-2-1-3-10-8(7)4-5-13-10/h1-3,11H,4-6H2. The first-order chi connectivity index (χ1) is 6.33. The van der Waals surface area contributed by atoms with Gasteiger partial charge >= 0.3 is 0 Å². The van der Waals surface area contributed by atoms with E-state index in [2.05, 4.69) is 0 Å². The highest BCUT2D eigenvalue weighted by Gasteiger charge is 2.18. The van der Waals surface area contributed by atoms with Crippen LogP contribution in [-0.2, 0) is 6.42 Å². The molecule has 0 radical (unpaired) electrons. The van der Waals surface area contributed by atoms with Gasteiger partial charge in [0.2, 0.25) is 0 Å². The molecule has 0 saturated carbocycles. The first-order valence-electron chi connectivity index (χ1n) is 4.21. The maximum atomic E-state index is 11.3. The highest BCUT2D eigenvalue weighted by atomic mass is 16.5. The number of benzene rings is 1. The first-order valence-corrected chi connectivity index (χ1v) is 4.21. The fraction of sp³-hybridized carbons (Fsp3) is 0.300. The number of carbonyl (C=O) groups excluding carboxylic acids is 1. The predicted octanol–water partition coefficient (Wildman–Crippen LogP) is 0.796. The van der Waals surface area contributed by atoms with Crippen LogP contribution in [0.25, 0.3) is 0 Å². The molecule has 1 aliphatic heterocycles. The van der Waals surface area contributed by atoms with Gasteiger partial charge < -0.3 is 9.84 Å². The first kappa shape index (κ1) is 8.26. The molecule has 0 spiro atoms. The third-order valence-corrected chi connectivity index (χ3v) is 2.19. The Kier molecular flexibility index (Phi) is 2.02. The van der Waals surface area contributed by atoms with Gasteiger partial charge in [-0.2, -0.15) is 0 Å². The summed E-state index contributed by atoms with van der Waals surface area (Å²) in [6.45, 7) is 0.196. The predicted molar refractivity (Wildman–Crippen MR) is 47.1 cm³/mol. The number of carbonyl (C=O) groups is 1. The lowest BCUT2D eigenvalue weighted by Crippen LogP contribution is -2.06. The van der Waals surface area contributed by atoms with Gasteiger partial charge in [-0.3, -0.25) is 4.79 Å². The van der Waals surface area contributed by atoms with Crippen molar-refractivity contribution in [3.63, 3.8) is 0 Å². The third-order valence-electron chi connectivity index (χ3n) is 2.19. The topological polar surface area (TPSA) is 46.5 Å². The molecule has 0 aromatic heterocycles. The SMILES string of the molecule is O=C(CO)c1cccc2c1CCO2. The number of aliphatic hydroxyl groups is 1. The Labute approximate surface area is 76.0 Å². The maximum Gasteiger partial charge on any atom is 0.188 e. The van der Waals surface area contributed by atoms with Crippen molar-refractivity contribution in [1.29, 1.82) is 0 Å². The lowest BCUT2D eigenvalue weighted by Gasteiger charge is -2.03. The average Bonchev–Trinajstić information content (AvgIpc) is 2.63. The van der Waals surface area contributed by atoms with E-state index in [0.29, 0.717) is 12.2 Å². The van der Waals surface area contributed by atoms with Crippen LogP contribution in [0.3, 0.4) is 0 Å². The molecule has 0 fully saturated rings. The van der Waals surface area contributed by atoms with E-state index in [-0.39, 0.29) is 5.78 Å². The van der Waals surface area contributed by atoms with E-state index in [0.717, 1.165) is 17.7 Å². The minimum Gasteiger partial charge on any atom is -0.493 e. The summed E-state index contributed by atoms with van der Waals surface area (Å²) in [7, 11) is 0. The van der Waals surface area contributed by atoms with Gasteiger partial charge in [-0.15, -0.1) is 0 Å². The monoisotopic (exact) mass is 178 g/mol. The van der Waals surface area contributed by atoms with Crippen molar-refractivity contribution in [2.24, 2.45) is 0 Å². The van der Waals surface area contributed by atoms with Gasteiger partial charge in [-0.1, -0.05) is 12.1 Å². The van der Waals surface area contributed by atoms with Crippen molar-refractivity contribution in [3.05, 3.63) is 29.3 Å². The maximum absolute atomic E-state index is 11.3. The van der Waals surface area contributed by atoms with Gasteiger partial charge in [0.25, 0.3) is 0 Å². The van der Waals surface area contributed by atoms with Crippen LogP contribution >= 0.6 is 0 Å². The van der Waals surface area contributed by atoms with Crippen LogP contribution in [0.2, 0.25) is 0 Å². The van der Waals surface area contributed by atoms with Gasteiger partial charge in [0, 0.05) is 17.5 Å². The Morgan fingerprint density at radius 2 is 2.38 bits per heavy atom. The van der Waals surface area contributed by atoms with Crippen molar-refractivity contribution in [2.45, 2.75) is 6.42 Å². The normalized spacial score (nSPS) is 13.6. The Balaban J connectivity index is 2.47. The molecule has 3 heteroatoms. The van der Waals surface area contributed by atoms with E-state index in [4.69, 9.17) is 9.84 Å².